The van der Waals surface area contributed by atoms with Crippen LogP contribution in [0.2, 0.25) is 0 Å². The number of rotatable bonds is 0. The van der Waals surface area contributed by atoms with Crippen molar-refractivity contribution in [2.45, 2.75) is 0 Å². The average Bonchev–Trinajstić information content (AvgIpc) is 1.75. The molecule has 4 heavy (non-hydrogen) atoms. The Morgan fingerprint density at radius 3 is 2.25 bits per heavy atom. The monoisotopic (exact) mass is 110 g/mol. The molecular formula is CH5P3. The van der Waals surface area contributed by atoms with Crippen molar-refractivity contribution >= 4 is 24.5 Å². The molecule has 1 rings (SSSR count). The van der Waals surface area contributed by atoms with E-state index in [1.165, 1.54) is 8.27 Å². The van der Waals surface area contributed by atoms with Gasteiger partial charge in [-0.05, 0) is 5.90 Å². The van der Waals surface area contributed by atoms with Crippen LogP contribution in [0.4, 0.5) is 0 Å². The molecule has 0 aliphatic carbocycles. The zero-order valence-corrected chi connectivity index (χ0v) is 5.28. The van der Waals surface area contributed by atoms with E-state index in [-0.39, 0.29) is 0 Å². The molecule has 24 valence electrons. The summed E-state index contributed by atoms with van der Waals surface area (Å²) in [6, 6.07) is 0. The van der Waals surface area contributed by atoms with Gasteiger partial charge in [-0.2, -0.15) is 0 Å². The summed E-state index contributed by atoms with van der Waals surface area (Å²) in [5, 5.41) is 0. The summed E-state index contributed by atoms with van der Waals surface area (Å²) < 4.78 is 0. The van der Waals surface area contributed by atoms with Gasteiger partial charge in [-0.3, -0.25) is 0 Å². The van der Waals surface area contributed by atoms with Crippen molar-refractivity contribution in [1.82, 2.24) is 0 Å². The lowest BCUT2D eigenvalue weighted by Crippen LogP contribution is -1.01. The van der Waals surface area contributed by atoms with Gasteiger partial charge in [-0.25, -0.2) is 0 Å². The first kappa shape index (κ1) is 3.48. The minimum Gasteiger partial charge on any atom is -0.107 e. The van der Waals surface area contributed by atoms with E-state index in [0.717, 1.165) is 0 Å². The van der Waals surface area contributed by atoms with Gasteiger partial charge in [0.25, 0.3) is 0 Å². The van der Waals surface area contributed by atoms with Gasteiger partial charge in [-0.15, -0.1) is 8.93 Å². The van der Waals surface area contributed by atoms with Gasteiger partial charge in [0, 0.05) is 0 Å². The largest absolute Gasteiger partial charge is 0.107 e. The predicted molar refractivity (Wildman–Crippen MR) is 29.8 cm³/mol. The highest BCUT2D eigenvalue weighted by Gasteiger charge is 2.12. The highest BCUT2D eigenvalue weighted by molar-refractivity contribution is 8.60. The highest BCUT2D eigenvalue weighted by atomic mass is 32.5. The topological polar surface area (TPSA) is 0 Å². The standard InChI is InChI=1S/CH5P3/c2-4-1-3-4/h3H,1-2H2. The molecule has 3 heteroatoms. The molecule has 0 spiro atoms. The molecule has 1 aliphatic rings. The van der Waals surface area contributed by atoms with Crippen LogP contribution in [0, 0.1) is 0 Å². The Hall–Kier alpha value is 1.29. The molecule has 0 amide bonds. The maximum absolute atomic E-state index is 2.85. The number of hydrogen-bond donors (Lipinski definition) is 0. The average molecular weight is 110 g/mol. The third kappa shape index (κ3) is 0.937. The minimum absolute atomic E-state index is 0.574. The lowest BCUT2D eigenvalue weighted by molar-refractivity contribution is 2.38. The van der Waals surface area contributed by atoms with Crippen LogP contribution in [0.5, 0.6) is 0 Å². The quantitative estimate of drug-likeness (QED) is 0.417. The van der Waals surface area contributed by atoms with Crippen LogP contribution in [0.1, 0.15) is 0 Å². The van der Waals surface area contributed by atoms with E-state index < -0.39 is 0 Å². The van der Waals surface area contributed by atoms with Crippen molar-refractivity contribution in [3.05, 3.63) is 0 Å². The fourth-order valence-electron chi connectivity index (χ4n) is 0.0408. The third-order valence-corrected chi connectivity index (χ3v) is 6.35. The molecule has 1 fully saturated rings. The SMILES string of the molecule is PP1CP1. The Kier molecular flexibility index (Phi) is 1.02. The Labute approximate surface area is 31.3 Å². The Morgan fingerprint density at radius 2 is 2.25 bits per heavy atom. The van der Waals surface area contributed by atoms with Gasteiger partial charge in [0.1, 0.15) is 0 Å². The maximum Gasteiger partial charge on any atom is -0.00355 e. The lowest BCUT2D eigenvalue weighted by Gasteiger charge is -1.55. The molecule has 0 radical (unpaired) electrons. The molecule has 0 nitrogen and oxygen atoms in total. The summed E-state index contributed by atoms with van der Waals surface area (Å²) in [5.41, 5.74) is 0. The molecule has 0 aromatic rings. The van der Waals surface area contributed by atoms with Crippen LogP contribution in [-0.2, 0) is 0 Å². The highest BCUT2D eigenvalue weighted by Crippen LogP contribution is 2.81. The van der Waals surface area contributed by atoms with Crippen LogP contribution in [0.3, 0.4) is 0 Å². The van der Waals surface area contributed by atoms with E-state index >= 15 is 0 Å². The van der Waals surface area contributed by atoms with Gasteiger partial charge in [0.2, 0.25) is 0 Å². The Morgan fingerprint density at radius 1 is 2.00 bits per heavy atom. The van der Waals surface area contributed by atoms with Gasteiger partial charge in [0.05, 0.1) is 0 Å². The second-order valence-electron chi connectivity index (χ2n) is 0.786. The van der Waals surface area contributed by atoms with E-state index in [2.05, 4.69) is 8.93 Å². The summed E-state index contributed by atoms with van der Waals surface area (Å²) in [5.74, 6) is 1.54. The summed E-state index contributed by atoms with van der Waals surface area (Å²) in [4.78, 5) is 0. The van der Waals surface area contributed by atoms with Gasteiger partial charge < -0.3 is 0 Å². The molecule has 0 bridgehead atoms. The van der Waals surface area contributed by atoms with E-state index in [1.807, 2.05) is 0 Å². The van der Waals surface area contributed by atoms with Crippen molar-refractivity contribution in [3.8, 4) is 0 Å². The van der Waals surface area contributed by atoms with E-state index in [1.54, 1.807) is 5.90 Å². The Bertz CT molecular complexity index is 22.5. The first-order valence-corrected chi connectivity index (χ1v) is 6.35. The third-order valence-electron chi connectivity index (χ3n) is 0.341. The smallest absolute Gasteiger partial charge is 0.00355 e. The molecule has 1 heterocycles. The molecule has 3 atom stereocenters. The second-order valence-corrected chi connectivity index (χ2v) is 9.40. The van der Waals surface area contributed by atoms with Crippen LogP contribution < -0.4 is 0 Å². The van der Waals surface area contributed by atoms with Crippen molar-refractivity contribution in [1.29, 1.82) is 0 Å². The molecule has 0 aromatic carbocycles. The first-order chi connectivity index (χ1) is 1.89. The van der Waals surface area contributed by atoms with Crippen LogP contribution in [0.25, 0.3) is 0 Å². The van der Waals surface area contributed by atoms with Crippen molar-refractivity contribution in [2.75, 3.05) is 5.90 Å². The summed E-state index contributed by atoms with van der Waals surface area (Å²) in [6.45, 7) is 0. The van der Waals surface area contributed by atoms with E-state index in [4.69, 9.17) is 0 Å². The predicted octanol–water partition coefficient (Wildman–Crippen LogP) is 1.82. The zero-order chi connectivity index (χ0) is 2.99. The summed E-state index contributed by atoms with van der Waals surface area (Å²) >= 11 is 0. The van der Waals surface area contributed by atoms with Crippen LogP contribution in [0.15, 0.2) is 0 Å². The van der Waals surface area contributed by atoms with Gasteiger partial charge >= 0.3 is 0 Å². The molecule has 0 saturated carbocycles. The fourth-order valence-corrected chi connectivity index (χ4v) is 3.31. The Balaban J connectivity index is 2.17. The lowest BCUT2D eigenvalue weighted by atomic mass is 11.9. The molecule has 3 unspecified atom stereocenters. The van der Waals surface area contributed by atoms with Crippen LogP contribution in [-0.4, -0.2) is 5.90 Å². The normalized spacial score (nSPS) is 45.8. The summed E-state index contributed by atoms with van der Waals surface area (Å²) in [6.07, 6.45) is 0. The summed E-state index contributed by atoms with van der Waals surface area (Å²) in [7, 11) is 4.75. The van der Waals surface area contributed by atoms with Crippen LogP contribution >= 0.6 is 24.5 Å². The molecular weight excluding hydrogens is 105 g/mol. The van der Waals surface area contributed by atoms with Gasteiger partial charge in [0.15, 0.2) is 0 Å². The number of hydrogen-bond acceptors (Lipinski definition) is 0. The van der Waals surface area contributed by atoms with E-state index in [0.29, 0.717) is 7.30 Å². The molecule has 1 saturated heterocycles. The van der Waals surface area contributed by atoms with Crippen molar-refractivity contribution in [3.63, 3.8) is 0 Å². The van der Waals surface area contributed by atoms with Crippen molar-refractivity contribution < 1.29 is 0 Å². The molecule has 0 aromatic heterocycles. The van der Waals surface area contributed by atoms with Gasteiger partial charge in [-0.1, -0.05) is 15.6 Å². The van der Waals surface area contributed by atoms with E-state index in [9.17, 15) is 0 Å². The minimum atomic E-state index is 0.574. The second kappa shape index (κ2) is 1.17. The maximum atomic E-state index is 2.85. The zero-order valence-electron chi connectivity index (χ0n) is 2.23. The molecule has 0 N–H and O–H groups in total. The molecule has 1 aliphatic heterocycles. The van der Waals surface area contributed by atoms with Crippen molar-refractivity contribution in [2.24, 2.45) is 0 Å². The fraction of sp³-hybridized carbons (Fsp3) is 1.00. The first-order valence-electron chi connectivity index (χ1n) is 1.15.